The Morgan fingerprint density at radius 3 is 2.64 bits per heavy atom. The van der Waals surface area contributed by atoms with Crippen LogP contribution in [0.25, 0.3) is 0 Å². The van der Waals surface area contributed by atoms with E-state index in [0.717, 1.165) is 0 Å². The van der Waals surface area contributed by atoms with Crippen LogP contribution in [0.3, 0.4) is 0 Å². The minimum absolute atomic E-state index is 0.0552. The molecule has 6 nitrogen and oxygen atoms in total. The Bertz CT molecular complexity index is 480. The van der Waals surface area contributed by atoms with Crippen molar-refractivity contribution in [2.24, 2.45) is 5.16 Å². The van der Waals surface area contributed by atoms with Crippen LogP contribution in [0.5, 0.6) is 5.75 Å². The van der Waals surface area contributed by atoms with Gasteiger partial charge in [0.15, 0.2) is 6.61 Å². The maximum Gasteiger partial charge on any atom is 0.387 e. The number of hydrogen-bond donors (Lipinski definition) is 1. The second-order valence-electron chi connectivity index (χ2n) is 4.38. The number of benzene rings is 1. The molecule has 8 heteroatoms. The van der Waals surface area contributed by atoms with E-state index in [-0.39, 0.29) is 24.3 Å². The van der Waals surface area contributed by atoms with Gasteiger partial charge in [-0.1, -0.05) is 5.16 Å². The number of carbonyl (C=O) groups is 1. The van der Waals surface area contributed by atoms with Gasteiger partial charge in [-0.05, 0) is 36.8 Å². The second kappa shape index (κ2) is 9.67. The van der Waals surface area contributed by atoms with Crippen molar-refractivity contribution < 1.29 is 27.9 Å². The lowest BCUT2D eigenvalue weighted by Crippen LogP contribution is -2.37. The van der Waals surface area contributed by atoms with E-state index < -0.39 is 6.61 Å². The van der Waals surface area contributed by atoms with Gasteiger partial charge in [0, 0.05) is 13.2 Å². The predicted molar refractivity (Wildman–Crippen MR) is 76.1 cm³/mol. The van der Waals surface area contributed by atoms with Gasteiger partial charge >= 0.3 is 6.61 Å². The topological polar surface area (TPSA) is 69.2 Å². The standard InChI is InChI=1S/C14H18F2N2O4/c1-10(8-20-2)18-13(19)9-21-17-7-11-3-5-12(6-4-11)22-14(15)16/h3-7,10,14H,8-9H2,1-2H3,(H,18,19)/b17-7-/t10-/m0/s1. The number of carbonyl (C=O) groups excluding carboxylic acids is 1. The fourth-order valence-electron chi connectivity index (χ4n) is 1.54. The highest BCUT2D eigenvalue weighted by atomic mass is 19.3. The Kier molecular flexibility index (Phi) is 7.84. The maximum atomic E-state index is 12.0. The van der Waals surface area contributed by atoms with Gasteiger partial charge in [-0.2, -0.15) is 8.78 Å². The van der Waals surface area contributed by atoms with Crippen LogP contribution in [0.1, 0.15) is 12.5 Å². The predicted octanol–water partition coefficient (Wildman–Crippen LogP) is 1.79. The average Bonchev–Trinajstić information content (AvgIpc) is 2.45. The third kappa shape index (κ3) is 7.53. The molecule has 1 N–H and O–H groups in total. The molecule has 1 aromatic rings. The monoisotopic (exact) mass is 316 g/mol. The zero-order valence-corrected chi connectivity index (χ0v) is 12.3. The molecule has 22 heavy (non-hydrogen) atoms. The van der Waals surface area contributed by atoms with Crippen molar-refractivity contribution in [3.05, 3.63) is 29.8 Å². The van der Waals surface area contributed by atoms with Crippen molar-refractivity contribution in [1.82, 2.24) is 5.32 Å². The van der Waals surface area contributed by atoms with Crippen molar-refractivity contribution in [3.8, 4) is 5.75 Å². The third-order valence-electron chi connectivity index (χ3n) is 2.40. The lowest BCUT2D eigenvalue weighted by Gasteiger charge is -2.11. The summed E-state index contributed by atoms with van der Waals surface area (Å²) in [6.45, 7) is -0.880. The zero-order valence-electron chi connectivity index (χ0n) is 12.3. The molecular formula is C14H18F2N2O4. The van der Waals surface area contributed by atoms with E-state index in [4.69, 9.17) is 9.57 Å². The zero-order chi connectivity index (χ0) is 16.4. The lowest BCUT2D eigenvalue weighted by molar-refractivity contribution is -0.126. The number of ether oxygens (including phenoxy) is 2. The molecule has 0 aliphatic rings. The van der Waals surface area contributed by atoms with Crippen molar-refractivity contribution in [2.75, 3.05) is 20.3 Å². The second-order valence-corrected chi connectivity index (χ2v) is 4.38. The molecule has 0 fully saturated rings. The quantitative estimate of drug-likeness (QED) is 0.557. The Labute approximate surface area is 127 Å². The van der Waals surface area contributed by atoms with Crippen LogP contribution in [0, 0.1) is 0 Å². The molecule has 1 rings (SSSR count). The highest BCUT2D eigenvalue weighted by molar-refractivity contribution is 5.80. The number of nitrogens with one attached hydrogen (secondary N) is 1. The van der Waals surface area contributed by atoms with E-state index in [2.05, 4.69) is 15.2 Å². The Morgan fingerprint density at radius 2 is 2.05 bits per heavy atom. The molecule has 0 saturated carbocycles. The highest BCUT2D eigenvalue weighted by Crippen LogP contribution is 2.13. The van der Waals surface area contributed by atoms with Crippen LogP contribution in [0.2, 0.25) is 0 Å². The number of halogens is 2. The van der Waals surface area contributed by atoms with E-state index in [0.29, 0.717) is 12.2 Å². The maximum absolute atomic E-state index is 12.0. The SMILES string of the molecule is COC[C@H](C)NC(=O)CO/N=C\c1ccc(OC(F)F)cc1. The van der Waals surface area contributed by atoms with Gasteiger partial charge in [0.1, 0.15) is 5.75 Å². The van der Waals surface area contributed by atoms with Crippen LogP contribution >= 0.6 is 0 Å². The van der Waals surface area contributed by atoms with E-state index in [1.54, 1.807) is 14.0 Å². The number of amides is 1. The molecule has 0 aliphatic heterocycles. The summed E-state index contributed by atoms with van der Waals surface area (Å²) < 4.78 is 33.0. The van der Waals surface area contributed by atoms with Gasteiger partial charge in [0.25, 0.3) is 5.91 Å². The third-order valence-corrected chi connectivity index (χ3v) is 2.40. The van der Waals surface area contributed by atoms with Crippen molar-refractivity contribution in [3.63, 3.8) is 0 Å². The summed E-state index contributed by atoms with van der Waals surface area (Å²) in [4.78, 5) is 16.3. The fourth-order valence-corrected chi connectivity index (χ4v) is 1.54. The molecule has 1 aromatic carbocycles. The minimum atomic E-state index is -2.86. The van der Waals surface area contributed by atoms with Gasteiger partial charge in [0.05, 0.1) is 12.8 Å². The Balaban J connectivity index is 2.32. The summed E-state index contributed by atoms with van der Waals surface area (Å²) in [5.74, 6) is -0.262. The van der Waals surface area contributed by atoms with Gasteiger partial charge in [-0.15, -0.1) is 0 Å². The number of alkyl halides is 2. The average molecular weight is 316 g/mol. The number of rotatable bonds is 9. The molecule has 0 radical (unpaired) electrons. The molecule has 0 unspecified atom stereocenters. The molecule has 1 amide bonds. The summed E-state index contributed by atoms with van der Waals surface area (Å²) >= 11 is 0. The summed E-state index contributed by atoms with van der Waals surface area (Å²) in [5.41, 5.74) is 0.620. The molecule has 0 heterocycles. The van der Waals surface area contributed by atoms with Crippen molar-refractivity contribution in [1.29, 1.82) is 0 Å². The molecule has 0 aromatic heterocycles. The number of methoxy groups -OCH3 is 1. The molecule has 0 spiro atoms. The number of oxime groups is 1. The van der Waals surface area contributed by atoms with Crippen molar-refractivity contribution in [2.45, 2.75) is 19.6 Å². The van der Waals surface area contributed by atoms with E-state index >= 15 is 0 Å². The lowest BCUT2D eigenvalue weighted by atomic mass is 10.2. The van der Waals surface area contributed by atoms with Gasteiger partial charge < -0.3 is 19.6 Å². The van der Waals surface area contributed by atoms with Gasteiger partial charge in [-0.3, -0.25) is 4.79 Å². The summed E-state index contributed by atoms with van der Waals surface area (Å²) in [5, 5.41) is 6.27. The summed E-state index contributed by atoms with van der Waals surface area (Å²) in [7, 11) is 1.54. The van der Waals surface area contributed by atoms with Gasteiger partial charge in [-0.25, -0.2) is 0 Å². The summed E-state index contributed by atoms with van der Waals surface area (Å²) in [6, 6.07) is 5.71. The first-order valence-electron chi connectivity index (χ1n) is 6.49. The van der Waals surface area contributed by atoms with E-state index in [9.17, 15) is 13.6 Å². The van der Waals surface area contributed by atoms with E-state index in [1.165, 1.54) is 30.5 Å². The minimum Gasteiger partial charge on any atom is -0.435 e. The Morgan fingerprint density at radius 1 is 1.36 bits per heavy atom. The van der Waals surface area contributed by atoms with Crippen LogP contribution in [0.15, 0.2) is 29.4 Å². The van der Waals surface area contributed by atoms with Crippen LogP contribution < -0.4 is 10.1 Å². The van der Waals surface area contributed by atoms with Crippen LogP contribution in [-0.4, -0.2) is 45.1 Å². The number of nitrogens with zero attached hydrogens (tertiary/aromatic N) is 1. The molecular weight excluding hydrogens is 298 g/mol. The molecule has 0 bridgehead atoms. The summed E-state index contributed by atoms with van der Waals surface area (Å²) in [6.07, 6.45) is 1.36. The molecule has 0 aliphatic carbocycles. The first kappa shape index (κ1) is 17.8. The van der Waals surface area contributed by atoms with Crippen LogP contribution in [-0.2, 0) is 14.4 Å². The molecule has 122 valence electrons. The van der Waals surface area contributed by atoms with E-state index in [1.807, 2.05) is 0 Å². The van der Waals surface area contributed by atoms with Gasteiger partial charge in [0.2, 0.25) is 0 Å². The molecule has 1 atom stereocenters. The normalized spacial score (nSPS) is 12.4. The largest absolute Gasteiger partial charge is 0.435 e. The fraction of sp³-hybridized carbons (Fsp3) is 0.429. The van der Waals surface area contributed by atoms with Crippen molar-refractivity contribution >= 4 is 12.1 Å². The smallest absolute Gasteiger partial charge is 0.387 e. The first-order valence-corrected chi connectivity index (χ1v) is 6.49. The first-order chi connectivity index (χ1) is 10.5. The number of hydrogen-bond acceptors (Lipinski definition) is 5. The Hall–Kier alpha value is -2.22. The molecule has 0 saturated heterocycles. The van der Waals surface area contributed by atoms with Crippen LogP contribution in [0.4, 0.5) is 8.78 Å². The highest BCUT2D eigenvalue weighted by Gasteiger charge is 2.06.